The van der Waals surface area contributed by atoms with Crippen LogP contribution in [0.4, 0.5) is 21.6 Å². The molecule has 3 aromatic rings. The molecule has 1 fully saturated rings. The Hall–Kier alpha value is -3.27. The molecule has 4 rings (SSSR count). The largest absolute Gasteiger partial charge is 0.491 e. The fraction of sp³-hybridized carbons (Fsp3) is 0.393. The lowest BCUT2D eigenvalue weighted by Crippen LogP contribution is -2.15. The van der Waals surface area contributed by atoms with Crippen LogP contribution in [0.25, 0.3) is 10.9 Å². The van der Waals surface area contributed by atoms with Gasteiger partial charge >= 0.3 is 0 Å². The van der Waals surface area contributed by atoms with Crippen LogP contribution in [-0.2, 0) is 4.79 Å². The zero-order valence-electron chi connectivity index (χ0n) is 22.2. The van der Waals surface area contributed by atoms with Gasteiger partial charge in [0.05, 0.1) is 22.8 Å². The average molecular weight is 541 g/mol. The minimum absolute atomic E-state index is 0.00463. The lowest BCUT2D eigenvalue weighted by Gasteiger charge is -2.15. The van der Waals surface area contributed by atoms with Crippen LogP contribution in [0.1, 0.15) is 12.8 Å². The van der Waals surface area contributed by atoms with Gasteiger partial charge in [-0.05, 0) is 77.1 Å². The van der Waals surface area contributed by atoms with Gasteiger partial charge in [0.1, 0.15) is 23.7 Å². The monoisotopic (exact) mass is 540 g/mol. The number of hydrogen-bond acceptors (Lipinski definition) is 7. The summed E-state index contributed by atoms with van der Waals surface area (Å²) >= 11 is 5.95. The van der Waals surface area contributed by atoms with Crippen LogP contribution < -0.4 is 15.4 Å². The average Bonchev–Trinajstić information content (AvgIpc) is 3.58. The van der Waals surface area contributed by atoms with Crippen molar-refractivity contribution >= 4 is 45.6 Å². The molecule has 0 bridgehead atoms. The van der Waals surface area contributed by atoms with Crippen LogP contribution in [0.5, 0.6) is 5.75 Å². The molecule has 0 spiro atoms. The summed E-state index contributed by atoms with van der Waals surface area (Å²) in [5.41, 5.74) is 1.74. The first kappa shape index (κ1) is 27.8. The normalized spacial score (nSPS) is 16.9. The highest BCUT2D eigenvalue weighted by Gasteiger charge is 2.36. The van der Waals surface area contributed by atoms with Gasteiger partial charge in [-0.3, -0.25) is 4.79 Å². The van der Waals surface area contributed by atoms with E-state index in [-0.39, 0.29) is 10.9 Å². The molecule has 38 heavy (non-hydrogen) atoms. The number of nitrogens with zero attached hydrogens (tertiary/aromatic N) is 4. The minimum Gasteiger partial charge on any atom is -0.491 e. The van der Waals surface area contributed by atoms with Gasteiger partial charge in [0, 0.05) is 36.3 Å². The number of benzene rings is 2. The standard InChI is InChI=1S/C28H34ClFN6O2/c1-35(2)10-5-6-27(37)34-25-14-21-24(15-26(25)38-11-9-18-12-19(18)16-36(3)4)31-17-32-28(21)33-20-7-8-23(30)22(29)13-20/h5-8,13-15,17-19H,9-12,16H2,1-4H3,(H,34,37)(H,31,32,33)/b6-5+. The second-order valence-corrected chi connectivity index (χ2v) is 10.6. The van der Waals surface area contributed by atoms with Gasteiger partial charge < -0.3 is 25.2 Å². The number of likely N-dealkylation sites (N-methyl/N-ethyl adjacent to an activating group) is 1. The van der Waals surface area contributed by atoms with Crippen molar-refractivity contribution in [3.05, 3.63) is 59.7 Å². The molecule has 10 heteroatoms. The molecule has 1 saturated carbocycles. The number of anilines is 3. The zero-order valence-corrected chi connectivity index (χ0v) is 22.9. The van der Waals surface area contributed by atoms with Crippen molar-refractivity contribution in [3.63, 3.8) is 0 Å². The molecule has 2 atom stereocenters. The molecular weight excluding hydrogens is 507 g/mol. The second kappa shape index (κ2) is 12.5. The molecule has 1 aliphatic rings. The minimum atomic E-state index is -0.502. The maximum Gasteiger partial charge on any atom is 0.248 e. The van der Waals surface area contributed by atoms with E-state index in [0.29, 0.717) is 58.8 Å². The molecule has 2 unspecified atom stereocenters. The molecule has 0 radical (unpaired) electrons. The maximum atomic E-state index is 13.6. The van der Waals surface area contributed by atoms with E-state index in [2.05, 4.69) is 39.6 Å². The highest BCUT2D eigenvalue weighted by atomic mass is 35.5. The van der Waals surface area contributed by atoms with Gasteiger partial charge in [-0.1, -0.05) is 17.7 Å². The first-order valence-corrected chi connectivity index (χ1v) is 13.0. The molecule has 202 valence electrons. The fourth-order valence-corrected chi connectivity index (χ4v) is 4.51. The van der Waals surface area contributed by atoms with Crippen molar-refractivity contribution < 1.29 is 13.9 Å². The van der Waals surface area contributed by atoms with Gasteiger partial charge in [-0.15, -0.1) is 0 Å². The lowest BCUT2D eigenvalue weighted by molar-refractivity contribution is -0.111. The Bertz CT molecular complexity index is 1320. The number of amides is 1. The van der Waals surface area contributed by atoms with Gasteiger partial charge in [0.25, 0.3) is 0 Å². The Morgan fingerprint density at radius 3 is 2.71 bits per heavy atom. The maximum absolute atomic E-state index is 13.6. The van der Waals surface area contributed by atoms with Crippen LogP contribution >= 0.6 is 11.6 Å². The topological polar surface area (TPSA) is 82.6 Å². The lowest BCUT2D eigenvalue weighted by atomic mass is 10.1. The molecule has 2 N–H and O–H groups in total. The summed E-state index contributed by atoms with van der Waals surface area (Å²) < 4.78 is 19.8. The number of hydrogen-bond donors (Lipinski definition) is 2. The summed E-state index contributed by atoms with van der Waals surface area (Å²) in [5, 5.41) is 6.78. The smallest absolute Gasteiger partial charge is 0.248 e. The van der Waals surface area contributed by atoms with E-state index in [1.165, 1.54) is 31.0 Å². The summed E-state index contributed by atoms with van der Waals surface area (Å²) in [7, 11) is 8.06. The predicted octanol–water partition coefficient (Wildman–Crippen LogP) is 5.19. The molecule has 1 amide bonds. The number of nitrogens with one attached hydrogen (secondary N) is 2. The van der Waals surface area contributed by atoms with Crippen molar-refractivity contribution in [2.24, 2.45) is 11.8 Å². The quantitative estimate of drug-likeness (QED) is 0.306. The third kappa shape index (κ3) is 7.63. The molecule has 0 aliphatic heterocycles. The number of halogens is 2. The summed E-state index contributed by atoms with van der Waals surface area (Å²) in [5.74, 6) is 1.65. The number of rotatable bonds is 12. The van der Waals surface area contributed by atoms with Crippen LogP contribution in [0.3, 0.4) is 0 Å². The van der Waals surface area contributed by atoms with Gasteiger partial charge in [-0.25, -0.2) is 14.4 Å². The fourth-order valence-electron chi connectivity index (χ4n) is 4.33. The van der Waals surface area contributed by atoms with Gasteiger partial charge in [0.15, 0.2) is 0 Å². The second-order valence-electron chi connectivity index (χ2n) is 10.2. The molecule has 2 aromatic carbocycles. The first-order valence-electron chi connectivity index (χ1n) is 12.6. The van der Waals surface area contributed by atoms with Crippen LogP contribution in [0, 0.1) is 17.7 Å². The summed E-state index contributed by atoms with van der Waals surface area (Å²) in [6.07, 6.45) is 6.91. The zero-order chi connectivity index (χ0) is 27.2. The van der Waals surface area contributed by atoms with Crippen LogP contribution in [-0.4, -0.2) is 73.6 Å². The third-order valence-corrected chi connectivity index (χ3v) is 6.62. The molecule has 1 aromatic heterocycles. The molecular formula is C28H34ClFN6O2. The molecule has 8 nitrogen and oxygen atoms in total. The van der Waals surface area contributed by atoms with Gasteiger partial charge in [-0.2, -0.15) is 0 Å². The number of ether oxygens (including phenoxy) is 1. The van der Waals surface area contributed by atoms with Crippen molar-refractivity contribution in [1.82, 2.24) is 19.8 Å². The van der Waals surface area contributed by atoms with E-state index < -0.39 is 5.82 Å². The van der Waals surface area contributed by atoms with Crippen LogP contribution in [0.2, 0.25) is 5.02 Å². The van der Waals surface area contributed by atoms with E-state index in [1.54, 1.807) is 18.2 Å². The van der Waals surface area contributed by atoms with E-state index in [4.69, 9.17) is 16.3 Å². The highest BCUT2D eigenvalue weighted by molar-refractivity contribution is 6.31. The Morgan fingerprint density at radius 2 is 1.97 bits per heavy atom. The summed E-state index contributed by atoms with van der Waals surface area (Å²) in [6.45, 7) is 2.28. The number of aromatic nitrogens is 2. The number of carbonyl (C=O) groups excluding carboxylic acids is 1. The first-order chi connectivity index (χ1) is 18.2. The summed E-state index contributed by atoms with van der Waals surface area (Å²) in [6, 6.07) is 7.95. The van der Waals surface area contributed by atoms with E-state index >= 15 is 0 Å². The summed E-state index contributed by atoms with van der Waals surface area (Å²) in [4.78, 5) is 25.6. The highest BCUT2D eigenvalue weighted by Crippen LogP contribution is 2.42. The van der Waals surface area contributed by atoms with Crippen molar-refractivity contribution in [2.45, 2.75) is 12.8 Å². The Kier molecular flexibility index (Phi) is 9.14. The van der Waals surface area contributed by atoms with Gasteiger partial charge in [0.2, 0.25) is 5.91 Å². The molecule has 1 aliphatic carbocycles. The molecule has 1 heterocycles. The Balaban J connectivity index is 1.57. The van der Waals surface area contributed by atoms with Crippen molar-refractivity contribution in [2.75, 3.05) is 58.5 Å². The van der Waals surface area contributed by atoms with E-state index in [9.17, 15) is 9.18 Å². The van der Waals surface area contributed by atoms with Crippen molar-refractivity contribution in [3.8, 4) is 5.75 Å². The number of fused-ring (bicyclic) bond motifs is 1. The SMILES string of the molecule is CN(C)C/C=C/C(=O)Nc1cc2c(Nc3ccc(F)c(Cl)c3)ncnc2cc1OCCC1CC1CN(C)C. The van der Waals surface area contributed by atoms with Crippen molar-refractivity contribution in [1.29, 1.82) is 0 Å². The van der Waals surface area contributed by atoms with Crippen LogP contribution in [0.15, 0.2) is 48.8 Å². The Labute approximate surface area is 227 Å². The molecule has 0 saturated heterocycles. The Morgan fingerprint density at radius 1 is 1.16 bits per heavy atom. The predicted molar refractivity (Wildman–Crippen MR) is 151 cm³/mol. The number of carbonyl (C=O) groups is 1. The third-order valence-electron chi connectivity index (χ3n) is 6.33. The van der Waals surface area contributed by atoms with E-state index in [0.717, 1.165) is 13.0 Å². The van der Waals surface area contributed by atoms with E-state index in [1.807, 2.05) is 25.1 Å².